The first-order chi connectivity index (χ1) is 22.5. The van der Waals surface area contributed by atoms with E-state index in [0.717, 1.165) is 21.0 Å². The van der Waals surface area contributed by atoms with Crippen molar-refractivity contribution >= 4 is 35.3 Å². The summed E-state index contributed by atoms with van der Waals surface area (Å²) in [6.45, 7) is 3.49. The highest BCUT2D eigenvalue weighted by Crippen LogP contribution is 2.64. The molecule has 10 heteroatoms. The van der Waals surface area contributed by atoms with Crippen LogP contribution >= 0.6 is 0 Å². The van der Waals surface area contributed by atoms with Crippen LogP contribution in [0.1, 0.15) is 47.4 Å². The van der Waals surface area contributed by atoms with Gasteiger partial charge in [0.1, 0.15) is 5.75 Å². The predicted octanol–water partition coefficient (Wildman–Crippen LogP) is 4.47. The Kier molecular flexibility index (Phi) is 7.26. The van der Waals surface area contributed by atoms with Crippen LogP contribution in [-0.4, -0.2) is 56.3 Å². The molecule has 240 valence electrons. The molecule has 7 rings (SSSR count). The lowest BCUT2D eigenvalue weighted by molar-refractivity contribution is -0.143. The van der Waals surface area contributed by atoms with E-state index in [1.54, 1.807) is 31.2 Å². The molecule has 0 radical (unpaired) electrons. The SMILES string of the molecule is Cc1ccc(NN2C(=O)[C@@H]3C[C@@H]4C(=CC[C@@H]5C(=O)N(CCC(=O)O)C(=O)[C@@H]54)[C@H](c4ccc(O)c(C)c4)[C@]3(c3ccccc3)C2=O)cc1. The van der Waals surface area contributed by atoms with Gasteiger partial charge in [0.2, 0.25) is 11.8 Å². The minimum atomic E-state index is -1.40. The third-order valence-electron chi connectivity index (χ3n) is 10.6. The van der Waals surface area contributed by atoms with E-state index in [1.165, 1.54) is 0 Å². The van der Waals surface area contributed by atoms with Crippen LogP contribution in [0.2, 0.25) is 0 Å². The van der Waals surface area contributed by atoms with Crippen molar-refractivity contribution in [3.63, 3.8) is 0 Å². The summed E-state index contributed by atoms with van der Waals surface area (Å²) in [7, 11) is 0. The maximum absolute atomic E-state index is 15.1. The molecule has 1 saturated carbocycles. The number of phenols is 1. The lowest BCUT2D eigenvalue weighted by Crippen LogP contribution is -2.53. The highest BCUT2D eigenvalue weighted by atomic mass is 16.4. The third kappa shape index (κ3) is 4.57. The monoisotopic (exact) mass is 633 g/mol. The zero-order valence-electron chi connectivity index (χ0n) is 26.1. The Labute approximate surface area is 271 Å². The number of hydrogen-bond donors (Lipinski definition) is 3. The molecule has 0 aromatic heterocycles. The molecule has 2 aliphatic carbocycles. The molecule has 0 bridgehead atoms. The minimum Gasteiger partial charge on any atom is -0.508 e. The number of aryl methyl sites for hydroxylation is 2. The van der Waals surface area contributed by atoms with Gasteiger partial charge in [0.05, 0.1) is 35.3 Å². The largest absolute Gasteiger partial charge is 0.508 e. The van der Waals surface area contributed by atoms with Crippen LogP contribution in [0.3, 0.4) is 0 Å². The molecule has 4 aliphatic rings. The number of amides is 4. The molecular weight excluding hydrogens is 598 g/mol. The van der Waals surface area contributed by atoms with Gasteiger partial charge in [-0.15, -0.1) is 0 Å². The van der Waals surface area contributed by atoms with Crippen LogP contribution in [-0.2, 0) is 29.4 Å². The van der Waals surface area contributed by atoms with Crippen LogP contribution in [0.5, 0.6) is 5.75 Å². The van der Waals surface area contributed by atoms with E-state index < -0.39 is 64.6 Å². The van der Waals surface area contributed by atoms with Gasteiger partial charge in [-0.2, -0.15) is 5.01 Å². The number of imide groups is 2. The summed E-state index contributed by atoms with van der Waals surface area (Å²) in [5.74, 6) is -6.31. The van der Waals surface area contributed by atoms with Crippen molar-refractivity contribution in [2.45, 2.75) is 44.4 Å². The smallest absolute Gasteiger partial charge is 0.305 e. The summed E-state index contributed by atoms with van der Waals surface area (Å²) in [4.78, 5) is 69.5. The van der Waals surface area contributed by atoms with Gasteiger partial charge in [-0.05, 0) is 67.5 Å². The first kappa shape index (κ1) is 30.4. The number of carbonyl (C=O) groups excluding carboxylic acids is 4. The summed E-state index contributed by atoms with van der Waals surface area (Å²) < 4.78 is 0. The van der Waals surface area contributed by atoms with E-state index in [-0.39, 0.29) is 31.6 Å². The lowest BCUT2D eigenvalue weighted by Gasteiger charge is -2.50. The number of hydrogen-bond acceptors (Lipinski definition) is 7. The summed E-state index contributed by atoms with van der Waals surface area (Å²) in [5.41, 5.74) is 6.03. The average molecular weight is 634 g/mol. The Balaban J connectivity index is 1.42. The zero-order valence-corrected chi connectivity index (χ0v) is 26.1. The van der Waals surface area contributed by atoms with Crippen LogP contribution in [0, 0.1) is 37.5 Å². The second kappa shape index (κ2) is 11.2. The molecule has 4 amide bonds. The number of anilines is 1. The lowest BCUT2D eigenvalue weighted by atomic mass is 9.49. The maximum atomic E-state index is 15.1. The van der Waals surface area contributed by atoms with Crippen LogP contribution < -0.4 is 5.43 Å². The number of benzene rings is 3. The van der Waals surface area contributed by atoms with E-state index in [2.05, 4.69) is 5.43 Å². The average Bonchev–Trinajstić information content (AvgIpc) is 3.43. The fourth-order valence-electron chi connectivity index (χ4n) is 8.47. The molecule has 2 saturated heterocycles. The Morgan fingerprint density at radius 2 is 1.64 bits per heavy atom. The first-order valence-corrected chi connectivity index (χ1v) is 15.9. The van der Waals surface area contributed by atoms with Crippen LogP contribution in [0.25, 0.3) is 0 Å². The van der Waals surface area contributed by atoms with E-state index in [4.69, 9.17) is 0 Å². The predicted molar refractivity (Wildman–Crippen MR) is 171 cm³/mol. The Hall–Kier alpha value is -5.25. The van der Waals surface area contributed by atoms with Gasteiger partial charge in [0, 0.05) is 12.5 Å². The van der Waals surface area contributed by atoms with Crippen LogP contribution in [0.4, 0.5) is 5.69 Å². The van der Waals surface area contributed by atoms with Gasteiger partial charge >= 0.3 is 5.97 Å². The maximum Gasteiger partial charge on any atom is 0.305 e. The quantitative estimate of drug-likeness (QED) is 0.256. The molecule has 10 nitrogen and oxygen atoms in total. The molecule has 0 spiro atoms. The normalized spacial score (nSPS) is 28.1. The highest BCUT2D eigenvalue weighted by Gasteiger charge is 2.70. The summed E-state index contributed by atoms with van der Waals surface area (Å²) in [6, 6.07) is 21.8. The Morgan fingerprint density at radius 1 is 0.915 bits per heavy atom. The van der Waals surface area contributed by atoms with Crippen molar-refractivity contribution in [2.75, 3.05) is 12.0 Å². The molecule has 2 heterocycles. The van der Waals surface area contributed by atoms with Crippen molar-refractivity contribution < 1.29 is 34.2 Å². The van der Waals surface area contributed by atoms with Gasteiger partial charge in [-0.25, -0.2) is 0 Å². The summed E-state index contributed by atoms with van der Waals surface area (Å²) in [6.07, 6.45) is 2.00. The fourth-order valence-corrected chi connectivity index (χ4v) is 8.47. The third-order valence-corrected chi connectivity index (χ3v) is 10.6. The summed E-state index contributed by atoms with van der Waals surface area (Å²) >= 11 is 0. The molecule has 3 N–H and O–H groups in total. The number of nitrogens with zero attached hydrogens (tertiary/aromatic N) is 2. The zero-order chi connectivity index (χ0) is 33.2. The highest BCUT2D eigenvalue weighted by molar-refractivity contribution is 6.13. The summed E-state index contributed by atoms with van der Waals surface area (Å²) in [5, 5.41) is 20.9. The van der Waals surface area contributed by atoms with Crippen molar-refractivity contribution in [2.24, 2.45) is 23.7 Å². The molecule has 0 unspecified atom stereocenters. The number of likely N-dealkylation sites (tertiary alicyclic amines) is 1. The topological polar surface area (TPSA) is 144 Å². The second-order valence-electron chi connectivity index (χ2n) is 13.1. The Morgan fingerprint density at radius 3 is 2.32 bits per heavy atom. The van der Waals surface area contributed by atoms with Gasteiger partial charge < -0.3 is 10.2 Å². The number of carboxylic acids is 1. The minimum absolute atomic E-state index is 0.0891. The van der Waals surface area contributed by atoms with E-state index in [9.17, 15) is 29.4 Å². The number of carbonyl (C=O) groups is 5. The fraction of sp³-hybridized carbons (Fsp3) is 0.324. The number of aromatic hydroxyl groups is 1. The molecule has 3 aromatic carbocycles. The first-order valence-electron chi connectivity index (χ1n) is 15.9. The van der Waals surface area contributed by atoms with Gasteiger partial charge in [-0.1, -0.05) is 71.8 Å². The molecule has 47 heavy (non-hydrogen) atoms. The van der Waals surface area contributed by atoms with Gasteiger partial charge in [0.25, 0.3) is 11.8 Å². The number of allylic oxidation sites excluding steroid dienone is 2. The molecule has 6 atom stereocenters. The van der Waals surface area contributed by atoms with Crippen molar-refractivity contribution in [3.05, 3.63) is 107 Å². The van der Waals surface area contributed by atoms with Crippen molar-refractivity contribution in [1.82, 2.24) is 9.91 Å². The number of nitrogens with one attached hydrogen (secondary N) is 1. The molecule has 2 aliphatic heterocycles. The molecule has 3 aromatic rings. The van der Waals surface area contributed by atoms with Crippen LogP contribution in [0.15, 0.2) is 84.4 Å². The molecule has 3 fully saturated rings. The van der Waals surface area contributed by atoms with Crippen molar-refractivity contribution in [3.8, 4) is 5.75 Å². The van der Waals surface area contributed by atoms with E-state index in [0.29, 0.717) is 22.4 Å². The second-order valence-corrected chi connectivity index (χ2v) is 13.1. The number of fused-ring (bicyclic) bond motifs is 4. The number of carboxylic acid groups (broad SMARTS) is 1. The Bertz CT molecular complexity index is 1850. The number of hydrazine groups is 1. The van der Waals surface area contributed by atoms with E-state index >= 15 is 4.79 Å². The number of aliphatic carboxylic acids is 1. The standard InChI is InChI=1S/C37H35N3O7/c1-20-8-11-24(12-9-20)38-40-34(45)28-19-27-25(13-14-26-31(27)35(46)39(33(26)44)17-16-30(42)43)32(22-10-15-29(41)21(2)18-22)37(28,36(40)47)23-6-4-3-5-7-23/h3-13,15,18,26-28,31-32,38,41H,14,16-17,19H2,1-2H3,(H,42,43)/t26-,27+,28-,31-,32-,37+/m0/s1. The van der Waals surface area contributed by atoms with Gasteiger partial charge in [0.15, 0.2) is 0 Å². The van der Waals surface area contributed by atoms with Crippen molar-refractivity contribution in [1.29, 1.82) is 0 Å². The van der Waals surface area contributed by atoms with E-state index in [1.807, 2.05) is 61.5 Å². The molecular formula is C37H35N3O7. The number of rotatable bonds is 7. The van der Waals surface area contributed by atoms with Gasteiger partial charge in [-0.3, -0.25) is 34.3 Å². The number of phenolic OH excluding ortho intramolecular Hbond substituents is 1.